The summed E-state index contributed by atoms with van der Waals surface area (Å²) in [5.74, 6) is 0. The summed E-state index contributed by atoms with van der Waals surface area (Å²) in [5, 5.41) is 4.94. The number of rotatable bonds is 2. The zero-order valence-electron chi connectivity index (χ0n) is 8.63. The molecule has 2 nitrogen and oxygen atoms in total. The molecule has 0 aliphatic carbocycles. The molecule has 0 bridgehead atoms. The maximum Gasteiger partial charge on any atom is 0.156 e. The Balaban J connectivity index is 0.00000196. The average Bonchev–Trinajstić information content (AvgIpc) is 2.22. The van der Waals surface area contributed by atoms with E-state index in [9.17, 15) is 0 Å². The predicted molar refractivity (Wildman–Crippen MR) is 65.2 cm³/mol. The second-order valence-electron chi connectivity index (χ2n) is 2.71. The van der Waals surface area contributed by atoms with Gasteiger partial charge in [0.2, 0.25) is 0 Å². The zero-order chi connectivity index (χ0) is 10.4. The minimum absolute atomic E-state index is 0. The van der Waals surface area contributed by atoms with Crippen LogP contribution in [0.1, 0.15) is 5.56 Å². The molecule has 0 heterocycles. The lowest BCUT2D eigenvalue weighted by atomic mass is 10.2. The minimum Gasteiger partial charge on any atom is -1.00 e. The molecule has 1 aromatic carbocycles. The number of thioether (sulfide) groups is 1. The number of halogens is 2. The Kier molecular flexibility index (Phi) is 8.27. The van der Waals surface area contributed by atoms with Gasteiger partial charge in [0.05, 0.1) is 0 Å². The summed E-state index contributed by atoms with van der Waals surface area (Å²) in [6.07, 6.45) is 2.00. The van der Waals surface area contributed by atoms with Gasteiger partial charge in [-0.05, 0) is 24.0 Å². The topological polar surface area (TPSA) is 24.4 Å². The van der Waals surface area contributed by atoms with Crippen LogP contribution in [0.25, 0.3) is 0 Å². The quantitative estimate of drug-likeness (QED) is 0.451. The Hall–Kier alpha value is 0.0600. The lowest BCUT2D eigenvalue weighted by Crippen LogP contribution is -3.00. The number of hydrogen-bond acceptors (Lipinski definition) is 2. The molecule has 0 aliphatic heterocycles. The van der Waals surface area contributed by atoms with Crippen LogP contribution in [0.3, 0.4) is 0 Å². The van der Waals surface area contributed by atoms with E-state index in [4.69, 9.17) is 11.6 Å². The third-order valence-electron chi connectivity index (χ3n) is 1.75. The third kappa shape index (κ3) is 5.63. The molecule has 0 unspecified atom stereocenters. The van der Waals surface area contributed by atoms with E-state index in [2.05, 4.69) is 10.3 Å². The number of benzene rings is 1. The van der Waals surface area contributed by atoms with Crippen molar-refractivity contribution >= 4 is 28.5 Å². The Morgan fingerprint density at radius 2 is 2.00 bits per heavy atom. The van der Waals surface area contributed by atoms with Crippen molar-refractivity contribution in [2.24, 2.45) is 4.99 Å². The van der Waals surface area contributed by atoms with Gasteiger partial charge in [0, 0.05) is 18.6 Å². The van der Waals surface area contributed by atoms with Crippen LogP contribution in [-0.4, -0.2) is 18.5 Å². The monoisotopic (exact) mass is 355 g/mol. The summed E-state index contributed by atoms with van der Waals surface area (Å²) in [4.78, 5) is 4.08. The Morgan fingerprint density at radius 3 is 2.47 bits per heavy atom. The first-order chi connectivity index (χ1) is 6.76. The van der Waals surface area contributed by atoms with E-state index in [0.717, 1.165) is 16.7 Å². The summed E-state index contributed by atoms with van der Waals surface area (Å²) in [5.41, 5.74) is 1.20. The van der Waals surface area contributed by atoms with E-state index in [1.165, 1.54) is 5.56 Å². The molecule has 5 heteroatoms. The lowest BCUT2D eigenvalue weighted by Gasteiger charge is -2.06. The first-order valence-electron chi connectivity index (χ1n) is 4.25. The van der Waals surface area contributed by atoms with Crippen molar-refractivity contribution < 1.29 is 24.0 Å². The molecule has 1 N–H and O–H groups in total. The van der Waals surface area contributed by atoms with Gasteiger partial charge in [-0.2, -0.15) is 0 Å². The van der Waals surface area contributed by atoms with Crippen LogP contribution in [0.4, 0.5) is 0 Å². The minimum atomic E-state index is 0. The van der Waals surface area contributed by atoms with E-state index in [1.54, 1.807) is 18.8 Å². The lowest BCUT2D eigenvalue weighted by molar-refractivity contribution is -0.00000284. The summed E-state index contributed by atoms with van der Waals surface area (Å²) < 4.78 is 0. The van der Waals surface area contributed by atoms with Crippen molar-refractivity contribution in [2.45, 2.75) is 6.54 Å². The van der Waals surface area contributed by atoms with Crippen molar-refractivity contribution in [2.75, 3.05) is 13.3 Å². The van der Waals surface area contributed by atoms with Gasteiger partial charge in [-0.3, -0.25) is 4.99 Å². The van der Waals surface area contributed by atoms with Crippen molar-refractivity contribution in [1.29, 1.82) is 0 Å². The van der Waals surface area contributed by atoms with Gasteiger partial charge in [0.15, 0.2) is 5.17 Å². The number of nitrogens with one attached hydrogen (secondary N) is 1. The standard InChI is InChI=1S/C10H13ClN2S.HI/c1-12-10(14-2)13-7-8-3-5-9(11)6-4-8;/h3-6H,7H2,1-2H3,(H,12,13);1H/p-1. The molecule has 0 atom stereocenters. The van der Waals surface area contributed by atoms with Crippen molar-refractivity contribution in [3.63, 3.8) is 0 Å². The van der Waals surface area contributed by atoms with Crippen LogP contribution in [-0.2, 0) is 6.54 Å². The molecule has 0 aliphatic rings. The van der Waals surface area contributed by atoms with E-state index < -0.39 is 0 Å². The molecule has 0 amide bonds. The number of hydrogen-bond donors (Lipinski definition) is 1. The van der Waals surface area contributed by atoms with E-state index in [1.807, 2.05) is 30.5 Å². The van der Waals surface area contributed by atoms with E-state index in [0.29, 0.717) is 0 Å². The molecule has 0 radical (unpaired) electrons. The number of amidine groups is 1. The summed E-state index contributed by atoms with van der Waals surface area (Å²) in [7, 11) is 1.78. The average molecular weight is 356 g/mol. The fraction of sp³-hybridized carbons (Fsp3) is 0.300. The SMILES string of the molecule is CN=C(NCc1ccc(Cl)cc1)SC.[I-]. The van der Waals surface area contributed by atoms with E-state index in [-0.39, 0.29) is 24.0 Å². The van der Waals surface area contributed by atoms with Crippen LogP contribution < -0.4 is 29.3 Å². The molecule has 0 aromatic heterocycles. The molecule has 0 fully saturated rings. The smallest absolute Gasteiger partial charge is 0.156 e. The maximum absolute atomic E-state index is 5.78. The fourth-order valence-corrected chi connectivity index (χ4v) is 1.55. The maximum atomic E-state index is 5.78. The first-order valence-corrected chi connectivity index (χ1v) is 5.85. The largest absolute Gasteiger partial charge is 1.00 e. The second-order valence-corrected chi connectivity index (χ2v) is 3.94. The van der Waals surface area contributed by atoms with Crippen molar-refractivity contribution in [1.82, 2.24) is 5.32 Å². The molecule has 1 aromatic rings. The summed E-state index contributed by atoms with van der Waals surface area (Å²) >= 11 is 7.39. The van der Waals surface area contributed by atoms with Crippen LogP contribution in [0, 0.1) is 0 Å². The fourth-order valence-electron chi connectivity index (χ4n) is 1.02. The molecule has 0 spiro atoms. The molecule has 84 valence electrons. The molecular weight excluding hydrogens is 343 g/mol. The second kappa shape index (κ2) is 8.24. The highest BCUT2D eigenvalue weighted by Gasteiger charge is 1.95. The van der Waals surface area contributed by atoms with Gasteiger partial charge in [-0.25, -0.2) is 0 Å². The van der Waals surface area contributed by atoms with Crippen LogP contribution in [0.2, 0.25) is 5.02 Å². The molecule has 0 saturated heterocycles. The van der Waals surface area contributed by atoms with Crippen molar-refractivity contribution in [3.05, 3.63) is 34.9 Å². The van der Waals surface area contributed by atoms with E-state index >= 15 is 0 Å². The Morgan fingerprint density at radius 1 is 1.40 bits per heavy atom. The third-order valence-corrected chi connectivity index (χ3v) is 2.72. The van der Waals surface area contributed by atoms with Gasteiger partial charge in [-0.15, -0.1) is 0 Å². The van der Waals surface area contributed by atoms with Gasteiger partial charge >= 0.3 is 0 Å². The summed E-state index contributed by atoms with van der Waals surface area (Å²) in [6.45, 7) is 0.782. The zero-order valence-corrected chi connectivity index (χ0v) is 12.4. The Labute approximate surface area is 117 Å². The highest BCUT2D eigenvalue weighted by molar-refractivity contribution is 8.13. The van der Waals surface area contributed by atoms with Gasteiger partial charge in [0.1, 0.15) is 0 Å². The Bertz CT molecular complexity index is 314. The number of nitrogens with zero attached hydrogens (tertiary/aromatic N) is 1. The number of aliphatic imine (C=N–C) groups is 1. The molecule has 15 heavy (non-hydrogen) atoms. The molecule has 0 saturated carbocycles. The van der Waals surface area contributed by atoms with Crippen molar-refractivity contribution in [3.8, 4) is 0 Å². The molecule has 1 rings (SSSR count). The van der Waals surface area contributed by atoms with Crippen LogP contribution in [0.5, 0.6) is 0 Å². The van der Waals surface area contributed by atoms with Crippen LogP contribution in [0.15, 0.2) is 29.3 Å². The van der Waals surface area contributed by atoms with Gasteiger partial charge in [-0.1, -0.05) is 35.5 Å². The highest BCUT2D eigenvalue weighted by Crippen LogP contribution is 2.09. The van der Waals surface area contributed by atoms with Gasteiger partial charge in [0.25, 0.3) is 0 Å². The summed E-state index contributed by atoms with van der Waals surface area (Å²) in [6, 6.07) is 7.78. The predicted octanol–water partition coefficient (Wildman–Crippen LogP) is -0.218. The van der Waals surface area contributed by atoms with Gasteiger partial charge < -0.3 is 29.3 Å². The normalized spacial score (nSPS) is 10.7. The molecular formula is C10H13ClIN2S-. The first kappa shape index (κ1) is 15.1. The van der Waals surface area contributed by atoms with Crippen LogP contribution >= 0.6 is 23.4 Å². The highest BCUT2D eigenvalue weighted by atomic mass is 127.